The van der Waals surface area contributed by atoms with E-state index in [-0.39, 0.29) is 18.2 Å². The average Bonchev–Trinajstić information content (AvgIpc) is 2.29. The number of sulfone groups is 1. The maximum Gasteiger partial charge on any atom is 0.238 e. The van der Waals surface area contributed by atoms with Crippen molar-refractivity contribution in [3.63, 3.8) is 0 Å². The molecule has 20 heavy (non-hydrogen) atoms. The number of nitrogen functional groups attached to an aromatic ring is 1. The van der Waals surface area contributed by atoms with Crippen molar-refractivity contribution in [1.82, 2.24) is 4.90 Å². The maximum absolute atomic E-state index is 11.9. The molecule has 0 fully saturated rings. The van der Waals surface area contributed by atoms with Gasteiger partial charge in [-0.1, -0.05) is 0 Å². The highest BCUT2D eigenvalue weighted by Gasteiger charge is 2.10. The summed E-state index contributed by atoms with van der Waals surface area (Å²) in [4.78, 5) is 13.5. The summed E-state index contributed by atoms with van der Waals surface area (Å²) in [5.74, 6) is -0.147. The Bertz CT molecular complexity index is 585. The zero-order valence-electron chi connectivity index (χ0n) is 12.0. The van der Waals surface area contributed by atoms with Crippen LogP contribution in [0.3, 0.4) is 0 Å². The van der Waals surface area contributed by atoms with E-state index in [1.807, 2.05) is 6.92 Å². The second-order valence-electron chi connectivity index (χ2n) is 4.99. The molecule has 0 aromatic heterocycles. The average molecular weight is 299 g/mol. The molecule has 0 aliphatic heterocycles. The molecule has 1 aromatic rings. The molecular formula is C13H21N3O3S. The molecule has 0 heterocycles. The van der Waals surface area contributed by atoms with E-state index in [1.54, 1.807) is 30.1 Å². The van der Waals surface area contributed by atoms with Crippen LogP contribution in [0.25, 0.3) is 0 Å². The van der Waals surface area contributed by atoms with Gasteiger partial charge in [0.2, 0.25) is 5.91 Å². The van der Waals surface area contributed by atoms with E-state index in [9.17, 15) is 13.2 Å². The van der Waals surface area contributed by atoms with Crippen LogP contribution in [0, 0.1) is 6.92 Å². The molecule has 0 saturated carbocycles. The summed E-state index contributed by atoms with van der Waals surface area (Å²) in [6, 6.07) is 5.25. The Balaban J connectivity index is 2.51. The second kappa shape index (κ2) is 6.71. The lowest BCUT2D eigenvalue weighted by atomic mass is 10.2. The highest BCUT2D eigenvalue weighted by molar-refractivity contribution is 7.90. The number of nitrogens with two attached hydrogens (primary N) is 1. The van der Waals surface area contributed by atoms with Gasteiger partial charge in [0.15, 0.2) is 0 Å². The fourth-order valence-corrected chi connectivity index (χ4v) is 2.31. The molecule has 0 aliphatic carbocycles. The van der Waals surface area contributed by atoms with E-state index < -0.39 is 9.84 Å². The van der Waals surface area contributed by atoms with Gasteiger partial charge in [0.05, 0.1) is 12.3 Å². The quantitative estimate of drug-likeness (QED) is 0.746. The van der Waals surface area contributed by atoms with Crippen LogP contribution in [0.5, 0.6) is 0 Å². The van der Waals surface area contributed by atoms with Crippen LogP contribution in [-0.2, 0) is 14.6 Å². The fraction of sp³-hybridized carbons (Fsp3) is 0.462. The second-order valence-corrected chi connectivity index (χ2v) is 7.25. The molecule has 0 spiro atoms. The lowest BCUT2D eigenvalue weighted by Gasteiger charge is -2.16. The molecule has 1 rings (SSSR count). The van der Waals surface area contributed by atoms with Gasteiger partial charge in [-0.3, -0.25) is 9.69 Å². The van der Waals surface area contributed by atoms with Gasteiger partial charge in [0.25, 0.3) is 0 Å². The molecule has 0 radical (unpaired) electrons. The number of nitrogens with zero attached hydrogens (tertiary/aromatic N) is 1. The number of likely N-dealkylation sites (N-methyl/N-ethyl adjacent to an activating group) is 1. The van der Waals surface area contributed by atoms with Crippen LogP contribution in [0.15, 0.2) is 18.2 Å². The predicted molar refractivity (Wildman–Crippen MR) is 81.4 cm³/mol. The van der Waals surface area contributed by atoms with Crippen LogP contribution in [-0.4, -0.2) is 51.4 Å². The lowest BCUT2D eigenvalue weighted by molar-refractivity contribution is -0.117. The normalized spacial score (nSPS) is 11.6. The summed E-state index contributed by atoms with van der Waals surface area (Å²) in [5, 5.41) is 2.78. The van der Waals surface area contributed by atoms with Gasteiger partial charge >= 0.3 is 0 Å². The van der Waals surface area contributed by atoms with Gasteiger partial charge in [0.1, 0.15) is 9.84 Å². The number of rotatable bonds is 6. The minimum Gasteiger partial charge on any atom is -0.399 e. The Morgan fingerprint density at radius 1 is 1.40 bits per heavy atom. The van der Waals surface area contributed by atoms with Crippen LogP contribution >= 0.6 is 0 Å². The summed E-state index contributed by atoms with van der Waals surface area (Å²) < 4.78 is 22.1. The minimum absolute atomic E-state index is 0.0394. The van der Waals surface area contributed by atoms with E-state index in [4.69, 9.17) is 5.73 Å². The molecule has 1 amide bonds. The first kappa shape index (κ1) is 16.5. The SMILES string of the molecule is Cc1cc(N)ccc1NC(=O)CN(C)CCS(C)(=O)=O. The van der Waals surface area contributed by atoms with Crippen molar-refractivity contribution in [2.24, 2.45) is 0 Å². The van der Waals surface area contributed by atoms with Crippen molar-refractivity contribution in [3.05, 3.63) is 23.8 Å². The largest absolute Gasteiger partial charge is 0.399 e. The third kappa shape index (κ3) is 6.03. The van der Waals surface area contributed by atoms with E-state index in [1.165, 1.54) is 6.26 Å². The smallest absolute Gasteiger partial charge is 0.238 e. The zero-order chi connectivity index (χ0) is 15.3. The number of nitrogens with one attached hydrogen (secondary N) is 1. The summed E-state index contributed by atoms with van der Waals surface area (Å²) >= 11 is 0. The van der Waals surface area contributed by atoms with Crippen molar-refractivity contribution < 1.29 is 13.2 Å². The number of amides is 1. The molecule has 0 bridgehead atoms. The Labute approximate surface area is 119 Å². The van der Waals surface area contributed by atoms with Crippen molar-refractivity contribution in [3.8, 4) is 0 Å². The third-order valence-electron chi connectivity index (χ3n) is 2.78. The number of aryl methyl sites for hydroxylation is 1. The maximum atomic E-state index is 11.9. The molecule has 0 atom stereocenters. The molecular weight excluding hydrogens is 278 g/mol. The number of hydrogen-bond acceptors (Lipinski definition) is 5. The molecule has 0 saturated heterocycles. The summed E-state index contributed by atoms with van der Waals surface area (Å²) in [7, 11) is -1.30. The van der Waals surface area contributed by atoms with Crippen molar-refractivity contribution in [1.29, 1.82) is 0 Å². The van der Waals surface area contributed by atoms with Crippen molar-refractivity contribution >= 4 is 27.1 Å². The number of carbonyl (C=O) groups is 1. The summed E-state index contributed by atoms with van der Waals surface area (Å²) in [6.45, 7) is 2.33. The van der Waals surface area contributed by atoms with Crippen LogP contribution < -0.4 is 11.1 Å². The van der Waals surface area contributed by atoms with E-state index in [2.05, 4.69) is 5.32 Å². The summed E-state index contributed by atoms with van der Waals surface area (Å²) in [6.07, 6.45) is 1.18. The molecule has 3 N–H and O–H groups in total. The monoisotopic (exact) mass is 299 g/mol. The minimum atomic E-state index is -3.01. The number of anilines is 2. The van der Waals surface area contributed by atoms with Gasteiger partial charge in [-0.15, -0.1) is 0 Å². The van der Waals surface area contributed by atoms with E-state index in [0.29, 0.717) is 17.9 Å². The summed E-state index contributed by atoms with van der Waals surface area (Å²) in [5.41, 5.74) is 7.88. The molecule has 0 unspecified atom stereocenters. The van der Waals surface area contributed by atoms with Gasteiger partial charge in [-0.05, 0) is 37.7 Å². The van der Waals surface area contributed by atoms with Crippen molar-refractivity contribution in [2.45, 2.75) is 6.92 Å². The standard InChI is InChI=1S/C13H21N3O3S/c1-10-8-11(14)4-5-12(10)15-13(17)9-16(2)6-7-20(3,18)19/h4-5,8H,6-7,9,14H2,1-3H3,(H,15,17). The first-order valence-electron chi connectivity index (χ1n) is 6.19. The van der Waals surface area contributed by atoms with Gasteiger partial charge < -0.3 is 11.1 Å². The van der Waals surface area contributed by atoms with Crippen LogP contribution in [0.1, 0.15) is 5.56 Å². The molecule has 1 aromatic carbocycles. The third-order valence-corrected chi connectivity index (χ3v) is 3.71. The van der Waals surface area contributed by atoms with Gasteiger partial charge in [-0.2, -0.15) is 0 Å². The lowest BCUT2D eigenvalue weighted by Crippen LogP contribution is -2.33. The molecule has 7 heteroatoms. The highest BCUT2D eigenvalue weighted by Crippen LogP contribution is 2.17. The van der Waals surface area contributed by atoms with Gasteiger partial charge in [-0.25, -0.2) is 8.42 Å². The Kier molecular flexibility index (Phi) is 5.52. The van der Waals surface area contributed by atoms with E-state index >= 15 is 0 Å². The number of benzene rings is 1. The first-order valence-corrected chi connectivity index (χ1v) is 8.25. The Hall–Kier alpha value is -1.60. The molecule has 112 valence electrons. The van der Waals surface area contributed by atoms with Gasteiger partial charge in [0, 0.05) is 24.2 Å². The Morgan fingerprint density at radius 3 is 2.60 bits per heavy atom. The molecule has 6 nitrogen and oxygen atoms in total. The zero-order valence-corrected chi connectivity index (χ0v) is 12.8. The van der Waals surface area contributed by atoms with Crippen molar-refractivity contribution in [2.75, 3.05) is 43.2 Å². The highest BCUT2D eigenvalue weighted by atomic mass is 32.2. The van der Waals surface area contributed by atoms with Crippen LogP contribution in [0.4, 0.5) is 11.4 Å². The number of hydrogen-bond donors (Lipinski definition) is 2. The molecule has 0 aliphatic rings. The topological polar surface area (TPSA) is 92.5 Å². The fourth-order valence-electron chi connectivity index (χ4n) is 1.66. The first-order chi connectivity index (χ1) is 9.17. The Morgan fingerprint density at radius 2 is 2.05 bits per heavy atom. The van der Waals surface area contributed by atoms with Crippen LogP contribution in [0.2, 0.25) is 0 Å². The number of carbonyl (C=O) groups excluding carboxylic acids is 1. The predicted octanol–water partition coefficient (Wildman–Crippen LogP) is 0.492. The van der Waals surface area contributed by atoms with E-state index in [0.717, 1.165) is 5.56 Å².